The topological polar surface area (TPSA) is 63.4 Å². The Balaban J connectivity index is 1.40. The lowest BCUT2D eigenvalue weighted by atomic mass is 10.1. The summed E-state index contributed by atoms with van der Waals surface area (Å²) in [6, 6.07) is 13.3. The predicted molar refractivity (Wildman–Crippen MR) is 112 cm³/mol. The van der Waals surface area contributed by atoms with Gasteiger partial charge < -0.3 is 14.6 Å². The summed E-state index contributed by atoms with van der Waals surface area (Å²) in [5, 5.41) is 7.48. The molecule has 0 bridgehead atoms. The van der Waals surface area contributed by atoms with Crippen LogP contribution in [-0.2, 0) is 17.8 Å². The first-order valence-electron chi connectivity index (χ1n) is 10.3. The number of ether oxygens (including phenoxy) is 1. The molecule has 0 radical (unpaired) electrons. The van der Waals surface area contributed by atoms with E-state index >= 15 is 0 Å². The molecule has 1 fully saturated rings. The van der Waals surface area contributed by atoms with Crippen LogP contribution < -0.4 is 5.32 Å². The van der Waals surface area contributed by atoms with Gasteiger partial charge in [0.05, 0.1) is 19.3 Å². The van der Waals surface area contributed by atoms with Gasteiger partial charge in [0.1, 0.15) is 5.82 Å². The highest BCUT2D eigenvalue weighted by Gasteiger charge is 2.17. The van der Waals surface area contributed by atoms with Gasteiger partial charge in [-0.05, 0) is 36.6 Å². The Labute approximate surface area is 176 Å². The number of nitrogens with zero attached hydrogens (tertiary/aromatic N) is 3. The maximum absolute atomic E-state index is 13.8. The van der Waals surface area contributed by atoms with Gasteiger partial charge in [-0.15, -0.1) is 0 Å². The molecule has 1 N–H and O–H groups in total. The second kappa shape index (κ2) is 9.47. The van der Waals surface area contributed by atoms with Crippen molar-refractivity contribution in [2.24, 2.45) is 0 Å². The quantitative estimate of drug-likeness (QED) is 0.638. The Hall–Kier alpha value is -2.61. The third kappa shape index (κ3) is 4.92. The Morgan fingerprint density at radius 3 is 2.67 bits per heavy atom. The minimum Gasteiger partial charge on any atom is -0.379 e. The van der Waals surface area contributed by atoms with Crippen LogP contribution in [-0.4, -0.2) is 41.3 Å². The molecule has 7 heteroatoms. The molecule has 1 saturated heterocycles. The van der Waals surface area contributed by atoms with Gasteiger partial charge >= 0.3 is 0 Å². The minimum atomic E-state index is -0.276. The van der Waals surface area contributed by atoms with Crippen LogP contribution in [0.15, 0.2) is 47.0 Å². The fraction of sp³-hybridized carbons (Fsp3) is 0.391. The van der Waals surface area contributed by atoms with E-state index in [-0.39, 0.29) is 11.9 Å². The number of halogens is 1. The average molecular weight is 410 g/mol. The van der Waals surface area contributed by atoms with Crippen molar-refractivity contribution in [3.8, 4) is 11.4 Å². The summed E-state index contributed by atoms with van der Waals surface area (Å²) in [6.07, 6.45) is 0. The van der Waals surface area contributed by atoms with E-state index in [1.165, 1.54) is 17.2 Å². The normalized spacial score (nSPS) is 16.0. The number of hydrogen-bond acceptors (Lipinski definition) is 6. The highest BCUT2D eigenvalue weighted by atomic mass is 19.1. The SMILES string of the molecule is Cc1ccc(-c2noc([C@H](C)NCc3ccccc3CN3CCOCC3)n2)cc1F. The van der Waals surface area contributed by atoms with Crippen molar-refractivity contribution in [3.05, 3.63) is 70.9 Å². The van der Waals surface area contributed by atoms with E-state index in [9.17, 15) is 4.39 Å². The molecule has 1 aliphatic rings. The monoisotopic (exact) mass is 410 g/mol. The molecule has 0 unspecified atom stereocenters. The standard InChI is InChI=1S/C23H27FN4O2/c1-16-7-8-18(13-21(16)24)22-26-23(30-27-22)17(2)25-14-19-5-3-4-6-20(19)15-28-9-11-29-12-10-28/h3-8,13,17,25H,9-12,14-15H2,1-2H3/t17-/m0/s1. The van der Waals surface area contributed by atoms with Gasteiger partial charge in [0.25, 0.3) is 0 Å². The van der Waals surface area contributed by atoms with Crippen molar-refractivity contribution in [1.29, 1.82) is 0 Å². The zero-order valence-corrected chi connectivity index (χ0v) is 17.4. The van der Waals surface area contributed by atoms with Crippen LogP contribution in [0.25, 0.3) is 11.4 Å². The van der Waals surface area contributed by atoms with E-state index in [0.29, 0.717) is 29.4 Å². The van der Waals surface area contributed by atoms with Crippen molar-refractivity contribution in [1.82, 2.24) is 20.4 Å². The van der Waals surface area contributed by atoms with E-state index in [4.69, 9.17) is 9.26 Å². The Kier molecular flexibility index (Phi) is 6.52. The number of hydrogen-bond donors (Lipinski definition) is 1. The third-order valence-corrected chi connectivity index (χ3v) is 5.46. The molecule has 158 valence electrons. The zero-order valence-electron chi connectivity index (χ0n) is 17.4. The Morgan fingerprint density at radius 2 is 1.90 bits per heavy atom. The van der Waals surface area contributed by atoms with Crippen LogP contribution in [0, 0.1) is 12.7 Å². The molecule has 2 heterocycles. The average Bonchev–Trinajstić information content (AvgIpc) is 3.26. The highest BCUT2D eigenvalue weighted by Crippen LogP contribution is 2.21. The third-order valence-electron chi connectivity index (χ3n) is 5.46. The lowest BCUT2D eigenvalue weighted by molar-refractivity contribution is 0.0340. The molecule has 0 aliphatic carbocycles. The summed E-state index contributed by atoms with van der Waals surface area (Å²) in [6.45, 7) is 8.83. The first kappa shape index (κ1) is 20.7. The first-order chi connectivity index (χ1) is 14.6. The lowest BCUT2D eigenvalue weighted by Gasteiger charge is -2.27. The summed E-state index contributed by atoms with van der Waals surface area (Å²) < 4.78 is 24.7. The molecular formula is C23H27FN4O2. The second-order valence-corrected chi connectivity index (χ2v) is 7.68. The highest BCUT2D eigenvalue weighted by molar-refractivity contribution is 5.55. The van der Waals surface area contributed by atoms with Crippen LogP contribution >= 0.6 is 0 Å². The molecule has 30 heavy (non-hydrogen) atoms. The van der Waals surface area contributed by atoms with Crippen molar-refractivity contribution in [3.63, 3.8) is 0 Å². The molecule has 1 atom stereocenters. The van der Waals surface area contributed by atoms with E-state index in [1.54, 1.807) is 19.1 Å². The van der Waals surface area contributed by atoms with Crippen LogP contribution in [0.4, 0.5) is 4.39 Å². The first-order valence-corrected chi connectivity index (χ1v) is 10.3. The fourth-order valence-electron chi connectivity index (χ4n) is 3.50. The van der Waals surface area contributed by atoms with Crippen LogP contribution in [0.1, 0.15) is 35.5 Å². The van der Waals surface area contributed by atoms with Crippen molar-refractivity contribution in [2.45, 2.75) is 33.0 Å². The van der Waals surface area contributed by atoms with Gasteiger partial charge in [0, 0.05) is 31.7 Å². The van der Waals surface area contributed by atoms with Gasteiger partial charge in [0.15, 0.2) is 0 Å². The minimum absolute atomic E-state index is 0.127. The van der Waals surface area contributed by atoms with Gasteiger partial charge in [-0.3, -0.25) is 4.90 Å². The number of rotatable bonds is 7. The summed E-state index contributed by atoms with van der Waals surface area (Å²) in [7, 11) is 0. The maximum Gasteiger partial charge on any atom is 0.243 e. The van der Waals surface area contributed by atoms with Gasteiger partial charge in [-0.25, -0.2) is 4.39 Å². The fourth-order valence-corrected chi connectivity index (χ4v) is 3.50. The van der Waals surface area contributed by atoms with Crippen molar-refractivity contribution >= 4 is 0 Å². The van der Waals surface area contributed by atoms with Crippen LogP contribution in [0.3, 0.4) is 0 Å². The molecule has 4 rings (SSSR count). The zero-order chi connectivity index (χ0) is 20.9. The summed E-state index contributed by atoms with van der Waals surface area (Å²) in [4.78, 5) is 6.86. The van der Waals surface area contributed by atoms with E-state index in [0.717, 1.165) is 32.8 Å². The van der Waals surface area contributed by atoms with E-state index < -0.39 is 0 Å². The van der Waals surface area contributed by atoms with E-state index in [1.807, 2.05) is 6.92 Å². The number of nitrogens with one attached hydrogen (secondary N) is 1. The number of benzene rings is 2. The summed E-state index contributed by atoms with van der Waals surface area (Å²) in [5.74, 6) is 0.601. The van der Waals surface area contributed by atoms with Crippen LogP contribution in [0.5, 0.6) is 0 Å². The number of aryl methyl sites for hydroxylation is 1. The molecule has 3 aromatic rings. The second-order valence-electron chi connectivity index (χ2n) is 7.68. The van der Waals surface area contributed by atoms with E-state index in [2.05, 4.69) is 44.6 Å². The predicted octanol–water partition coefficient (Wildman–Crippen LogP) is 3.87. The molecule has 1 aromatic heterocycles. The number of aromatic nitrogens is 2. The molecular weight excluding hydrogens is 383 g/mol. The lowest BCUT2D eigenvalue weighted by Crippen LogP contribution is -2.36. The summed E-state index contributed by atoms with van der Waals surface area (Å²) >= 11 is 0. The maximum atomic E-state index is 13.8. The molecule has 0 spiro atoms. The smallest absolute Gasteiger partial charge is 0.243 e. The van der Waals surface area contributed by atoms with Crippen molar-refractivity contribution < 1.29 is 13.7 Å². The van der Waals surface area contributed by atoms with Crippen molar-refractivity contribution in [2.75, 3.05) is 26.3 Å². The Bertz CT molecular complexity index is 985. The number of morpholine rings is 1. The van der Waals surface area contributed by atoms with Gasteiger partial charge in [-0.1, -0.05) is 41.6 Å². The largest absolute Gasteiger partial charge is 0.379 e. The van der Waals surface area contributed by atoms with Gasteiger partial charge in [-0.2, -0.15) is 4.98 Å². The molecule has 6 nitrogen and oxygen atoms in total. The molecule has 0 saturated carbocycles. The Morgan fingerprint density at radius 1 is 1.13 bits per heavy atom. The summed E-state index contributed by atoms with van der Waals surface area (Å²) in [5.41, 5.74) is 3.75. The molecule has 0 amide bonds. The van der Waals surface area contributed by atoms with Crippen LogP contribution in [0.2, 0.25) is 0 Å². The molecule has 2 aromatic carbocycles. The molecule has 1 aliphatic heterocycles. The van der Waals surface area contributed by atoms with Gasteiger partial charge in [0.2, 0.25) is 11.7 Å².